The number of ether oxygens (including phenoxy) is 1. The molecule has 3 heteroatoms. The Morgan fingerprint density at radius 2 is 2.14 bits per heavy atom. The fraction of sp³-hybridized carbons (Fsp3) is 0.364. The van der Waals surface area contributed by atoms with Crippen molar-refractivity contribution < 1.29 is 9.53 Å². The van der Waals surface area contributed by atoms with Gasteiger partial charge in [-0.3, -0.25) is 0 Å². The summed E-state index contributed by atoms with van der Waals surface area (Å²) in [5.41, 5.74) is 1.77. The van der Waals surface area contributed by atoms with Gasteiger partial charge < -0.3 is 4.74 Å². The van der Waals surface area contributed by atoms with Crippen molar-refractivity contribution in [3.05, 3.63) is 35.4 Å². The molecular weight excluding hydrogens is 291 g/mol. The van der Waals surface area contributed by atoms with E-state index in [-0.39, 0.29) is 5.97 Å². The first kappa shape index (κ1) is 11.5. The SMILES string of the molecule is COC(=O)c1ccccc1CCCI. The highest BCUT2D eigenvalue weighted by atomic mass is 127. The van der Waals surface area contributed by atoms with Crippen molar-refractivity contribution in [2.24, 2.45) is 0 Å². The number of carbonyl (C=O) groups excluding carboxylic acids is 1. The maximum atomic E-state index is 11.4. The van der Waals surface area contributed by atoms with Crippen LogP contribution in [0.25, 0.3) is 0 Å². The smallest absolute Gasteiger partial charge is 0.338 e. The summed E-state index contributed by atoms with van der Waals surface area (Å²) in [5, 5.41) is 0. The second-order valence-electron chi connectivity index (χ2n) is 2.94. The van der Waals surface area contributed by atoms with E-state index in [1.165, 1.54) is 7.11 Å². The zero-order valence-electron chi connectivity index (χ0n) is 8.13. The standard InChI is InChI=1S/C11H13IO2/c1-14-11(13)10-7-3-2-5-9(10)6-4-8-12/h2-3,5,7H,4,6,8H2,1H3. The van der Waals surface area contributed by atoms with Gasteiger partial charge in [-0.05, 0) is 28.9 Å². The zero-order valence-corrected chi connectivity index (χ0v) is 10.3. The molecule has 76 valence electrons. The molecule has 1 rings (SSSR count). The first-order valence-corrected chi connectivity index (χ1v) is 6.04. The monoisotopic (exact) mass is 304 g/mol. The summed E-state index contributed by atoms with van der Waals surface area (Å²) in [6.45, 7) is 0. The van der Waals surface area contributed by atoms with E-state index < -0.39 is 0 Å². The van der Waals surface area contributed by atoms with E-state index in [2.05, 4.69) is 22.6 Å². The van der Waals surface area contributed by atoms with Gasteiger partial charge in [0.05, 0.1) is 12.7 Å². The minimum absolute atomic E-state index is 0.242. The highest BCUT2D eigenvalue weighted by molar-refractivity contribution is 14.1. The van der Waals surface area contributed by atoms with E-state index in [4.69, 9.17) is 4.74 Å². The van der Waals surface area contributed by atoms with Crippen LogP contribution in [0.15, 0.2) is 24.3 Å². The third-order valence-electron chi connectivity index (χ3n) is 2.00. The van der Waals surface area contributed by atoms with Crippen LogP contribution >= 0.6 is 22.6 Å². The van der Waals surface area contributed by atoms with E-state index in [1.54, 1.807) is 0 Å². The molecule has 14 heavy (non-hydrogen) atoms. The Bertz CT molecular complexity index is 310. The number of alkyl halides is 1. The second kappa shape index (κ2) is 6.01. The fourth-order valence-electron chi connectivity index (χ4n) is 1.30. The Morgan fingerprint density at radius 1 is 1.43 bits per heavy atom. The highest BCUT2D eigenvalue weighted by Crippen LogP contribution is 2.12. The number of hydrogen-bond donors (Lipinski definition) is 0. The minimum atomic E-state index is -0.242. The van der Waals surface area contributed by atoms with Crippen LogP contribution < -0.4 is 0 Å². The third-order valence-corrected chi connectivity index (χ3v) is 2.77. The van der Waals surface area contributed by atoms with Crippen LogP contribution in [0, 0.1) is 0 Å². The molecular formula is C11H13IO2. The Balaban J connectivity index is 2.85. The Kier molecular flexibility index (Phi) is 4.93. The van der Waals surface area contributed by atoms with Crippen LogP contribution in [-0.4, -0.2) is 17.5 Å². The van der Waals surface area contributed by atoms with Crippen molar-refractivity contribution >= 4 is 28.6 Å². The summed E-state index contributed by atoms with van der Waals surface area (Å²) >= 11 is 2.34. The van der Waals surface area contributed by atoms with Crippen molar-refractivity contribution in [3.63, 3.8) is 0 Å². The van der Waals surface area contributed by atoms with E-state index in [9.17, 15) is 4.79 Å². The molecule has 0 bridgehead atoms. The maximum absolute atomic E-state index is 11.4. The molecule has 1 aromatic rings. The number of aryl methyl sites for hydroxylation is 1. The topological polar surface area (TPSA) is 26.3 Å². The zero-order chi connectivity index (χ0) is 10.4. The molecule has 0 N–H and O–H groups in total. The summed E-state index contributed by atoms with van der Waals surface area (Å²) in [5.74, 6) is -0.242. The number of benzene rings is 1. The molecule has 0 aromatic heterocycles. The summed E-state index contributed by atoms with van der Waals surface area (Å²) in [6, 6.07) is 7.61. The van der Waals surface area contributed by atoms with Gasteiger partial charge >= 0.3 is 5.97 Å². The summed E-state index contributed by atoms with van der Waals surface area (Å²) in [4.78, 5) is 11.4. The molecule has 0 saturated heterocycles. The van der Waals surface area contributed by atoms with Crippen molar-refractivity contribution in [3.8, 4) is 0 Å². The Labute approximate surface area is 97.8 Å². The van der Waals surface area contributed by atoms with Gasteiger partial charge in [-0.15, -0.1) is 0 Å². The first-order valence-electron chi connectivity index (χ1n) is 4.51. The van der Waals surface area contributed by atoms with Gasteiger partial charge in [0.25, 0.3) is 0 Å². The predicted molar refractivity (Wildman–Crippen MR) is 65.0 cm³/mol. The van der Waals surface area contributed by atoms with Crippen molar-refractivity contribution in [2.75, 3.05) is 11.5 Å². The average molecular weight is 304 g/mol. The molecule has 0 heterocycles. The predicted octanol–water partition coefficient (Wildman–Crippen LogP) is 2.84. The molecule has 0 amide bonds. The lowest BCUT2D eigenvalue weighted by atomic mass is 10.0. The quantitative estimate of drug-likeness (QED) is 0.486. The first-order chi connectivity index (χ1) is 6.79. The molecule has 0 radical (unpaired) electrons. The number of carbonyl (C=O) groups is 1. The lowest BCUT2D eigenvalue weighted by molar-refractivity contribution is 0.0599. The molecule has 0 aliphatic rings. The third kappa shape index (κ3) is 2.97. The van der Waals surface area contributed by atoms with Gasteiger partial charge in [0.15, 0.2) is 0 Å². The van der Waals surface area contributed by atoms with Crippen molar-refractivity contribution in [1.82, 2.24) is 0 Å². The lowest BCUT2D eigenvalue weighted by Crippen LogP contribution is -2.05. The van der Waals surface area contributed by atoms with Crippen molar-refractivity contribution in [1.29, 1.82) is 0 Å². The molecule has 0 fully saturated rings. The normalized spacial score (nSPS) is 9.86. The number of methoxy groups -OCH3 is 1. The van der Waals surface area contributed by atoms with Crippen LogP contribution in [0.2, 0.25) is 0 Å². The molecule has 0 atom stereocenters. The number of hydrogen-bond acceptors (Lipinski definition) is 2. The highest BCUT2D eigenvalue weighted by Gasteiger charge is 2.09. The molecule has 0 aliphatic heterocycles. The van der Waals surface area contributed by atoms with Crippen LogP contribution in [0.3, 0.4) is 0 Å². The summed E-state index contributed by atoms with van der Waals surface area (Å²) in [6.07, 6.45) is 2.03. The van der Waals surface area contributed by atoms with Gasteiger partial charge in [-0.1, -0.05) is 40.8 Å². The van der Waals surface area contributed by atoms with E-state index in [1.807, 2.05) is 24.3 Å². The van der Waals surface area contributed by atoms with Gasteiger partial charge in [-0.25, -0.2) is 4.79 Å². The van der Waals surface area contributed by atoms with Gasteiger partial charge in [0, 0.05) is 0 Å². The van der Waals surface area contributed by atoms with Gasteiger partial charge in [-0.2, -0.15) is 0 Å². The van der Waals surface area contributed by atoms with Crippen LogP contribution in [0.5, 0.6) is 0 Å². The minimum Gasteiger partial charge on any atom is -0.465 e. The Hall–Kier alpha value is -0.580. The number of halogens is 1. The van der Waals surface area contributed by atoms with Crippen LogP contribution in [0.1, 0.15) is 22.3 Å². The number of rotatable bonds is 4. The number of esters is 1. The lowest BCUT2D eigenvalue weighted by Gasteiger charge is -2.06. The molecule has 0 saturated carbocycles. The summed E-state index contributed by atoms with van der Waals surface area (Å²) in [7, 11) is 1.41. The molecule has 0 spiro atoms. The molecule has 0 aliphatic carbocycles. The van der Waals surface area contributed by atoms with Crippen LogP contribution in [-0.2, 0) is 11.2 Å². The maximum Gasteiger partial charge on any atom is 0.338 e. The molecule has 0 unspecified atom stereocenters. The fourth-order valence-corrected chi connectivity index (χ4v) is 1.69. The average Bonchev–Trinajstić information content (AvgIpc) is 2.25. The van der Waals surface area contributed by atoms with Crippen molar-refractivity contribution in [2.45, 2.75) is 12.8 Å². The second-order valence-corrected chi connectivity index (χ2v) is 4.02. The van der Waals surface area contributed by atoms with Gasteiger partial charge in [0.1, 0.15) is 0 Å². The van der Waals surface area contributed by atoms with Crippen LogP contribution in [0.4, 0.5) is 0 Å². The largest absolute Gasteiger partial charge is 0.465 e. The summed E-state index contributed by atoms with van der Waals surface area (Å²) < 4.78 is 5.82. The van der Waals surface area contributed by atoms with E-state index >= 15 is 0 Å². The van der Waals surface area contributed by atoms with Gasteiger partial charge in [0.2, 0.25) is 0 Å². The molecule has 1 aromatic carbocycles. The van der Waals surface area contributed by atoms with E-state index in [0.29, 0.717) is 5.56 Å². The van der Waals surface area contributed by atoms with E-state index in [0.717, 1.165) is 22.8 Å². The molecule has 2 nitrogen and oxygen atoms in total. The Morgan fingerprint density at radius 3 is 2.79 bits per heavy atom.